The third kappa shape index (κ3) is 2.38. The summed E-state index contributed by atoms with van der Waals surface area (Å²) in [6.45, 7) is 6.67. The van der Waals surface area contributed by atoms with Crippen molar-refractivity contribution in [2.45, 2.75) is 32.7 Å². The summed E-state index contributed by atoms with van der Waals surface area (Å²) in [6, 6.07) is 7.43. The van der Waals surface area contributed by atoms with E-state index < -0.39 is 0 Å². The molecule has 1 aromatic rings. The minimum atomic E-state index is 0.697. The van der Waals surface area contributed by atoms with Gasteiger partial charge in [-0.25, -0.2) is 0 Å². The molecule has 2 rings (SSSR count). The fourth-order valence-corrected chi connectivity index (χ4v) is 2.59. The van der Waals surface area contributed by atoms with Gasteiger partial charge in [0.2, 0.25) is 0 Å². The first kappa shape index (κ1) is 11.5. The number of benzene rings is 1. The minimum Gasteiger partial charge on any atom is -0.371 e. The molecule has 0 bridgehead atoms. The molecule has 0 aliphatic carbocycles. The van der Waals surface area contributed by atoms with Crippen molar-refractivity contribution in [2.75, 3.05) is 25.0 Å². The molecule has 1 fully saturated rings. The summed E-state index contributed by atoms with van der Waals surface area (Å²) in [6.07, 6.45) is 2.51. The van der Waals surface area contributed by atoms with Gasteiger partial charge in [0.25, 0.3) is 0 Å². The van der Waals surface area contributed by atoms with Crippen molar-refractivity contribution in [1.82, 2.24) is 5.32 Å². The Hall–Kier alpha value is -1.02. The average Bonchev–Trinajstić information content (AvgIpc) is 2.29. The van der Waals surface area contributed by atoms with Gasteiger partial charge in [-0.05, 0) is 51.4 Å². The lowest BCUT2D eigenvalue weighted by Gasteiger charge is -2.34. The summed E-state index contributed by atoms with van der Waals surface area (Å²) in [5.74, 6) is 0. The zero-order valence-corrected chi connectivity index (χ0v) is 10.6. The smallest absolute Gasteiger partial charge is 0.0396 e. The van der Waals surface area contributed by atoms with Crippen LogP contribution < -0.4 is 10.2 Å². The molecule has 16 heavy (non-hydrogen) atoms. The second-order valence-corrected chi connectivity index (χ2v) is 4.88. The Morgan fingerprint density at radius 1 is 1.19 bits per heavy atom. The van der Waals surface area contributed by atoms with Crippen LogP contribution in [0, 0.1) is 13.8 Å². The van der Waals surface area contributed by atoms with Gasteiger partial charge in [-0.3, -0.25) is 0 Å². The molecule has 0 unspecified atom stereocenters. The summed E-state index contributed by atoms with van der Waals surface area (Å²) in [5.41, 5.74) is 4.12. The van der Waals surface area contributed by atoms with Crippen LogP contribution in [-0.2, 0) is 0 Å². The van der Waals surface area contributed by atoms with Crippen molar-refractivity contribution < 1.29 is 0 Å². The van der Waals surface area contributed by atoms with Gasteiger partial charge in [0, 0.05) is 18.8 Å². The maximum absolute atomic E-state index is 3.42. The van der Waals surface area contributed by atoms with E-state index in [0.717, 1.165) is 13.1 Å². The van der Waals surface area contributed by atoms with E-state index in [0.29, 0.717) is 6.04 Å². The number of nitrogens with zero attached hydrogens (tertiary/aromatic N) is 1. The molecule has 0 aromatic heterocycles. The minimum absolute atomic E-state index is 0.697. The highest BCUT2D eigenvalue weighted by Gasteiger charge is 2.18. The second kappa shape index (κ2) is 4.88. The van der Waals surface area contributed by atoms with Crippen LogP contribution in [0.15, 0.2) is 18.2 Å². The predicted octanol–water partition coefficient (Wildman–Crippen LogP) is 2.49. The van der Waals surface area contributed by atoms with Crippen molar-refractivity contribution in [3.8, 4) is 0 Å². The van der Waals surface area contributed by atoms with Crippen molar-refractivity contribution in [3.05, 3.63) is 29.3 Å². The van der Waals surface area contributed by atoms with Crippen LogP contribution in [0.5, 0.6) is 0 Å². The van der Waals surface area contributed by atoms with E-state index >= 15 is 0 Å². The quantitative estimate of drug-likeness (QED) is 0.820. The molecular formula is C14H22N2. The highest BCUT2D eigenvalue weighted by atomic mass is 15.1. The van der Waals surface area contributed by atoms with Gasteiger partial charge in [-0.1, -0.05) is 17.7 Å². The van der Waals surface area contributed by atoms with Crippen molar-refractivity contribution >= 4 is 5.69 Å². The molecule has 1 aromatic carbocycles. The van der Waals surface area contributed by atoms with Crippen LogP contribution in [0.2, 0.25) is 0 Å². The summed E-state index contributed by atoms with van der Waals surface area (Å²) >= 11 is 0. The van der Waals surface area contributed by atoms with Crippen LogP contribution >= 0.6 is 0 Å². The van der Waals surface area contributed by atoms with Gasteiger partial charge < -0.3 is 10.2 Å². The number of hydrogen-bond donors (Lipinski definition) is 1. The number of rotatable bonds is 2. The van der Waals surface area contributed by atoms with E-state index in [9.17, 15) is 0 Å². The van der Waals surface area contributed by atoms with E-state index in [-0.39, 0.29) is 0 Å². The maximum Gasteiger partial charge on any atom is 0.0396 e. The number of nitrogens with one attached hydrogen (secondary N) is 1. The molecule has 2 nitrogen and oxygen atoms in total. The largest absolute Gasteiger partial charge is 0.371 e. The van der Waals surface area contributed by atoms with Gasteiger partial charge in [0.1, 0.15) is 0 Å². The molecule has 1 saturated heterocycles. The molecule has 0 spiro atoms. The van der Waals surface area contributed by atoms with Crippen LogP contribution in [0.1, 0.15) is 24.0 Å². The Kier molecular flexibility index (Phi) is 3.49. The summed E-state index contributed by atoms with van der Waals surface area (Å²) in [7, 11) is 2.23. The first-order valence-corrected chi connectivity index (χ1v) is 6.19. The predicted molar refractivity (Wildman–Crippen MR) is 70.2 cm³/mol. The zero-order valence-electron chi connectivity index (χ0n) is 10.6. The van der Waals surface area contributed by atoms with E-state index in [1.54, 1.807) is 0 Å². The monoisotopic (exact) mass is 218 g/mol. The van der Waals surface area contributed by atoms with Crippen LogP contribution in [-0.4, -0.2) is 26.2 Å². The van der Waals surface area contributed by atoms with Crippen LogP contribution in [0.4, 0.5) is 5.69 Å². The molecule has 0 radical (unpaired) electrons. The molecule has 0 saturated carbocycles. The zero-order chi connectivity index (χ0) is 11.5. The highest BCUT2D eigenvalue weighted by molar-refractivity contribution is 5.54. The molecule has 2 heteroatoms. The fourth-order valence-electron chi connectivity index (χ4n) is 2.59. The molecule has 88 valence electrons. The molecule has 0 amide bonds. The fraction of sp³-hybridized carbons (Fsp3) is 0.571. The summed E-state index contributed by atoms with van der Waals surface area (Å²) in [5, 5.41) is 3.42. The SMILES string of the molecule is Cc1ccc(N(C)C2CCNCC2)c(C)c1. The van der Waals surface area contributed by atoms with Gasteiger partial charge in [-0.15, -0.1) is 0 Å². The van der Waals surface area contributed by atoms with Crippen molar-refractivity contribution in [3.63, 3.8) is 0 Å². The Balaban J connectivity index is 2.15. The molecule has 0 atom stereocenters. The van der Waals surface area contributed by atoms with E-state index in [1.165, 1.54) is 29.7 Å². The van der Waals surface area contributed by atoms with Gasteiger partial charge in [0.15, 0.2) is 0 Å². The van der Waals surface area contributed by atoms with E-state index in [4.69, 9.17) is 0 Å². The number of piperidine rings is 1. The number of anilines is 1. The second-order valence-electron chi connectivity index (χ2n) is 4.88. The third-order valence-corrected chi connectivity index (χ3v) is 3.59. The lowest BCUT2D eigenvalue weighted by Crippen LogP contribution is -2.41. The van der Waals surface area contributed by atoms with Crippen LogP contribution in [0.3, 0.4) is 0 Å². The average molecular weight is 218 g/mol. The molecule has 1 aliphatic rings. The Morgan fingerprint density at radius 3 is 2.50 bits per heavy atom. The van der Waals surface area contributed by atoms with Crippen molar-refractivity contribution in [1.29, 1.82) is 0 Å². The Morgan fingerprint density at radius 2 is 1.88 bits per heavy atom. The Bertz CT molecular complexity index is 354. The Labute approximate surface area is 98.7 Å². The molecule has 1 heterocycles. The van der Waals surface area contributed by atoms with Gasteiger partial charge in [-0.2, -0.15) is 0 Å². The van der Waals surface area contributed by atoms with E-state index in [1.807, 2.05) is 0 Å². The van der Waals surface area contributed by atoms with Gasteiger partial charge in [0.05, 0.1) is 0 Å². The standard InChI is InChI=1S/C14H22N2/c1-11-4-5-14(12(2)10-11)16(3)13-6-8-15-9-7-13/h4-5,10,13,15H,6-9H2,1-3H3. The van der Waals surface area contributed by atoms with Crippen molar-refractivity contribution in [2.24, 2.45) is 0 Å². The molecule has 1 aliphatic heterocycles. The third-order valence-electron chi connectivity index (χ3n) is 3.59. The topological polar surface area (TPSA) is 15.3 Å². The number of hydrogen-bond acceptors (Lipinski definition) is 2. The lowest BCUT2D eigenvalue weighted by molar-refractivity contribution is 0.443. The number of aryl methyl sites for hydroxylation is 2. The molecular weight excluding hydrogens is 196 g/mol. The first-order valence-electron chi connectivity index (χ1n) is 6.19. The van der Waals surface area contributed by atoms with Gasteiger partial charge >= 0.3 is 0 Å². The molecule has 1 N–H and O–H groups in total. The highest BCUT2D eigenvalue weighted by Crippen LogP contribution is 2.24. The summed E-state index contributed by atoms with van der Waals surface area (Å²) in [4.78, 5) is 2.45. The first-order chi connectivity index (χ1) is 7.68. The van der Waals surface area contributed by atoms with E-state index in [2.05, 4.69) is 49.3 Å². The normalized spacial score (nSPS) is 17.4. The summed E-state index contributed by atoms with van der Waals surface area (Å²) < 4.78 is 0. The maximum atomic E-state index is 3.42. The lowest BCUT2D eigenvalue weighted by atomic mass is 10.0. The van der Waals surface area contributed by atoms with Crippen LogP contribution in [0.25, 0.3) is 0 Å².